The molecule has 19 heavy (non-hydrogen) atoms. The van der Waals surface area contributed by atoms with E-state index in [0.717, 1.165) is 28.2 Å². The SMILES string of the molecule is O=C(NCc1ccc(C(O)c2ccsc2)s1)C1CC1. The summed E-state index contributed by atoms with van der Waals surface area (Å²) in [5, 5.41) is 17.1. The highest BCUT2D eigenvalue weighted by Crippen LogP contribution is 2.31. The molecule has 1 saturated carbocycles. The number of aliphatic hydroxyl groups excluding tert-OH is 1. The van der Waals surface area contributed by atoms with Gasteiger partial charge in [-0.25, -0.2) is 0 Å². The third-order valence-corrected chi connectivity index (χ3v) is 5.03. The van der Waals surface area contributed by atoms with Crippen LogP contribution in [0.3, 0.4) is 0 Å². The van der Waals surface area contributed by atoms with Crippen molar-refractivity contribution in [3.05, 3.63) is 44.3 Å². The van der Waals surface area contributed by atoms with Crippen LogP contribution in [0.4, 0.5) is 0 Å². The minimum Gasteiger partial charge on any atom is -0.383 e. The molecule has 0 radical (unpaired) electrons. The molecule has 1 fully saturated rings. The molecule has 1 unspecified atom stereocenters. The van der Waals surface area contributed by atoms with E-state index in [0.29, 0.717) is 6.54 Å². The molecule has 2 aromatic rings. The average molecular weight is 293 g/mol. The third kappa shape index (κ3) is 3.05. The van der Waals surface area contributed by atoms with Crippen molar-refractivity contribution in [1.82, 2.24) is 5.32 Å². The zero-order chi connectivity index (χ0) is 13.2. The van der Waals surface area contributed by atoms with E-state index >= 15 is 0 Å². The number of thiophene rings is 2. The number of hydrogen-bond acceptors (Lipinski definition) is 4. The first kappa shape index (κ1) is 12.8. The molecule has 0 saturated heterocycles. The van der Waals surface area contributed by atoms with Gasteiger partial charge in [0.1, 0.15) is 6.10 Å². The number of aliphatic hydroxyl groups is 1. The minimum atomic E-state index is -0.552. The molecule has 1 atom stereocenters. The van der Waals surface area contributed by atoms with Gasteiger partial charge in [0.05, 0.1) is 6.54 Å². The molecule has 0 bridgehead atoms. The molecule has 2 N–H and O–H groups in total. The van der Waals surface area contributed by atoms with Crippen LogP contribution in [0.25, 0.3) is 0 Å². The van der Waals surface area contributed by atoms with E-state index in [2.05, 4.69) is 5.32 Å². The van der Waals surface area contributed by atoms with Gasteiger partial charge in [0.15, 0.2) is 0 Å². The van der Waals surface area contributed by atoms with Crippen molar-refractivity contribution >= 4 is 28.6 Å². The van der Waals surface area contributed by atoms with Crippen LogP contribution in [0, 0.1) is 5.92 Å². The molecule has 100 valence electrons. The maximum Gasteiger partial charge on any atom is 0.223 e. The van der Waals surface area contributed by atoms with Gasteiger partial charge in [0.25, 0.3) is 0 Å². The van der Waals surface area contributed by atoms with Gasteiger partial charge >= 0.3 is 0 Å². The molecule has 3 nitrogen and oxygen atoms in total. The Kier molecular flexibility index (Phi) is 3.68. The van der Waals surface area contributed by atoms with Gasteiger partial charge in [-0.3, -0.25) is 4.79 Å². The fraction of sp³-hybridized carbons (Fsp3) is 0.357. The van der Waals surface area contributed by atoms with E-state index in [4.69, 9.17) is 0 Å². The Balaban J connectivity index is 1.61. The Hall–Kier alpha value is -1.17. The van der Waals surface area contributed by atoms with Crippen molar-refractivity contribution in [3.63, 3.8) is 0 Å². The second-order valence-corrected chi connectivity index (χ2v) is 6.74. The van der Waals surface area contributed by atoms with E-state index in [1.807, 2.05) is 29.0 Å². The number of carbonyl (C=O) groups is 1. The highest BCUT2D eigenvalue weighted by molar-refractivity contribution is 7.12. The topological polar surface area (TPSA) is 49.3 Å². The van der Waals surface area contributed by atoms with Gasteiger partial charge in [-0.15, -0.1) is 11.3 Å². The summed E-state index contributed by atoms with van der Waals surface area (Å²) in [5.74, 6) is 0.407. The highest BCUT2D eigenvalue weighted by atomic mass is 32.1. The summed E-state index contributed by atoms with van der Waals surface area (Å²) in [6.45, 7) is 0.566. The van der Waals surface area contributed by atoms with E-state index in [9.17, 15) is 9.90 Å². The molecular formula is C14H15NO2S2. The van der Waals surface area contributed by atoms with Crippen LogP contribution in [-0.4, -0.2) is 11.0 Å². The number of rotatable bonds is 5. The molecule has 5 heteroatoms. The molecule has 1 aliphatic carbocycles. The van der Waals surface area contributed by atoms with Crippen molar-refractivity contribution in [2.24, 2.45) is 5.92 Å². The van der Waals surface area contributed by atoms with E-state index in [1.54, 1.807) is 22.7 Å². The van der Waals surface area contributed by atoms with Gasteiger partial charge in [-0.2, -0.15) is 11.3 Å². The van der Waals surface area contributed by atoms with Crippen LogP contribution >= 0.6 is 22.7 Å². The quantitative estimate of drug-likeness (QED) is 0.890. The number of nitrogens with one attached hydrogen (secondary N) is 1. The molecule has 0 aromatic carbocycles. The summed E-state index contributed by atoms with van der Waals surface area (Å²) in [6, 6.07) is 5.85. The molecule has 2 aromatic heterocycles. The summed E-state index contributed by atoms with van der Waals surface area (Å²) in [7, 11) is 0. The van der Waals surface area contributed by atoms with Crippen LogP contribution in [0.15, 0.2) is 29.0 Å². The zero-order valence-corrected chi connectivity index (χ0v) is 12.0. The molecule has 0 spiro atoms. The Labute approximate surface area is 119 Å². The summed E-state index contributed by atoms with van der Waals surface area (Å²) in [6.07, 6.45) is 1.50. The number of hydrogen-bond donors (Lipinski definition) is 2. The summed E-state index contributed by atoms with van der Waals surface area (Å²) in [4.78, 5) is 13.6. The fourth-order valence-electron chi connectivity index (χ4n) is 1.90. The van der Waals surface area contributed by atoms with Crippen LogP contribution in [0.1, 0.15) is 34.3 Å². The maximum absolute atomic E-state index is 11.6. The molecule has 2 heterocycles. The van der Waals surface area contributed by atoms with Gasteiger partial charge in [0, 0.05) is 15.7 Å². The second-order valence-electron chi connectivity index (χ2n) is 4.76. The predicted molar refractivity (Wildman–Crippen MR) is 77.3 cm³/mol. The maximum atomic E-state index is 11.6. The molecule has 1 aliphatic rings. The van der Waals surface area contributed by atoms with Crippen molar-refractivity contribution in [2.45, 2.75) is 25.5 Å². The standard InChI is InChI=1S/C14H15NO2S2/c16-13(10-5-6-18-8-10)12-4-3-11(19-12)7-15-14(17)9-1-2-9/h3-6,8-9,13,16H,1-2,7H2,(H,15,17). The third-order valence-electron chi connectivity index (χ3n) is 3.20. The number of carbonyl (C=O) groups excluding carboxylic acids is 1. The van der Waals surface area contributed by atoms with E-state index < -0.39 is 6.10 Å². The van der Waals surface area contributed by atoms with Crippen LogP contribution < -0.4 is 5.32 Å². The van der Waals surface area contributed by atoms with Crippen LogP contribution in [0.5, 0.6) is 0 Å². The van der Waals surface area contributed by atoms with Crippen molar-refractivity contribution in [1.29, 1.82) is 0 Å². The predicted octanol–water partition coefficient (Wildman–Crippen LogP) is 2.92. The highest BCUT2D eigenvalue weighted by Gasteiger charge is 2.29. The zero-order valence-electron chi connectivity index (χ0n) is 10.3. The molecular weight excluding hydrogens is 278 g/mol. The Bertz CT molecular complexity index is 558. The lowest BCUT2D eigenvalue weighted by atomic mass is 10.2. The molecule has 0 aliphatic heterocycles. The van der Waals surface area contributed by atoms with Gasteiger partial charge < -0.3 is 10.4 Å². The lowest BCUT2D eigenvalue weighted by Gasteiger charge is -2.05. The van der Waals surface area contributed by atoms with Crippen LogP contribution in [-0.2, 0) is 11.3 Å². The summed E-state index contributed by atoms with van der Waals surface area (Å²) >= 11 is 3.13. The largest absolute Gasteiger partial charge is 0.383 e. The first-order valence-corrected chi connectivity index (χ1v) is 8.06. The summed E-state index contributed by atoms with van der Waals surface area (Å²) < 4.78 is 0. The monoisotopic (exact) mass is 293 g/mol. The van der Waals surface area contributed by atoms with Crippen LogP contribution in [0.2, 0.25) is 0 Å². The Morgan fingerprint density at radius 2 is 2.26 bits per heavy atom. The van der Waals surface area contributed by atoms with Crippen molar-refractivity contribution in [2.75, 3.05) is 0 Å². The van der Waals surface area contributed by atoms with E-state index in [1.165, 1.54) is 0 Å². The lowest BCUT2D eigenvalue weighted by molar-refractivity contribution is -0.122. The fourth-order valence-corrected chi connectivity index (χ4v) is 3.54. The second kappa shape index (κ2) is 5.45. The molecule has 3 rings (SSSR count). The Morgan fingerprint density at radius 1 is 1.42 bits per heavy atom. The van der Waals surface area contributed by atoms with Crippen molar-refractivity contribution < 1.29 is 9.90 Å². The molecule has 1 amide bonds. The Morgan fingerprint density at radius 3 is 2.95 bits per heavy atom. The van der Waals surface area contributed by atoms with Gasteiger partial charge in [-0.05, 0) is 47.4 Å². The van der Waals surface area contributed by atoms with Gasteiger partial charge in [-0.1, -0.05) is 0 Å². The lowest BCUT2D eigenvalue weighted by Crippen LogP contribution is -2.23. The number of amides is 1. The van der Waals surface area contributed by atoms with Gasteiger partial charge in [0.2, 0.25) is 5.91 Å². The first-order chi connectivity index (χ1) is 9.24. The van der Waals surface area contributed by atoms with E-state index in [-0.39, 0.29) is 11.8 Å². The normalized spacial score (nSPS) is 16.3. The average Bonchev–Trinajstić information content (AvgIpc) is 2.95. The first-order valence-electron chi connectivity index (χ1n) is 6.30. The summed E-state index contributed by atoms with van der Waals surface area (Å²) in [5.41, 5.74) is 0.931. The minimum absolute atomic E-state index is 0.160. The smallest absolute Gasteiger partial charge is 0.223 e. The van der Waals surface area contributed by atoms with Crippen molar-refractivity contribution in [3.8, 4) is 0 Å².